The highest BCUT2D eigenvalue weighted by atomic mass is 16.1. The van der Waals surface area contributed by atoms with Gasteiger partial charge in [-0.05, 0) is 55.5 Å². The minimum Gasteiger partial charge on any atom is -0.383 e. The summed E-state index contributed by atoms with van der Waals surface area (Å²) < 4.78 is 0. The third-order valence-corrected chi connectivity index (χ3v) is 5.70. The van der Waals surface area contributed by atoms with Gasteiger partial charge in [0, 0.05) is 35.5 Å². The van der Waals surface area contributed by atoms with Crippen molar-refractivity contribution in [1.82, 2.24) is 30.6 Å². The lowest BCUT2D eigenvalue weighted by Gasteiger charge is -2.32. The zero-order valence-electron chi connectivity index (χ0n) is 18.2. The first-order valence-corrected chi connectivity index (χ1v) is 10.9. The van der Waals surface area contributed by atoms with Crippen LogP contribution in [-0.2, 0) is 0 Å². The van der Waals surface area contributed by atoms with E-state index in [1.54, 1.807) is 24.7 Å². The number of nitrogens with one attached hydrogen (secondary N) is 3. The third-order valence-electron chi connectivity index (χ3n) is 5.70. The van der Waals surface area contributed by atoms with Gasteiger partial charge in [-0.3, -0.25) is 9.78 Å². The van der Waals surface area contributed by atoms with E-state index in [2.05, 4.69) is 36.6 Å². The highest BCUT2D eigenvalue weighted by Crippen LogP contribution is 2.33. The number of aromatic nitrogens is 4. The first kappa shape index (κ1) is 20.8. The molecule has 31 heavy (non-hydrogen) atoms. The van der Waals surface area contributed by atoms with Gasteiger partial charge in [-0.25, -0.2) is 9.97 Å². The van der Waals surface area contributed by atoms with Crippen molar-refractivity contribution in [3.63, 3.8) is 0 Å². The highest BCUT2D eigenvalue weighted by molar-refractivity contribution is 6.05. The average molecular weight is 417 g/mol. The van der Waals surface area contributed by atoms with Crippen LogP contribution in [0, 0.1) is 5.92 Å². The van der Waals surface area contributed by atoms with E-state index in [4.69, 9.17) is 0 Å². The Morgan fingerprint density at radius 2 is 2.03 bits per heavy atom. The minimum atomic E-state index is -0.171. The van der Waals surface area contributed by atoms with Gasteiger partial charge in [0.25, 0.3) is 5.91 Å². The Balaban J connectivity index is 0.00000112. The quantitative estimate of drug-likeness (QED) is 0.588. The molecule has 0 saturated heterocycles. The molecule has 0 spiro atoms. The van der Waals surface area contributed by atoms with Crippen molar-refractivity contribution in [2.75, 3.05) is 6.54 Å². The molecule has 1 saturated carbocycles. The maximum atomic E-state index is 13.0. The molecule has 1 aliphatic carbocycles. The summed E-state index contributed by atoms with van der Waals surface area (Å²) in [6.45, 7) is 6.69. The molecule has 1 amide bonds. The molecular weight excluding hydrogens is 388 g/mol. The number of allylic oxidation sites excluding steroid dienone is 3. The Kier molecular flexibility index (Phi) is 6.11. The number of nitrogens with zero attached hydrogens (tertiary/aromatic N) is 3. The largest absolute Gasteiger partial charge is 0.383 e. The zero-order valence-corrected chi connectivity index (χ0v) is 18.2. The zero-order chi connectivity index (χ0) is 21.8. The average Bonchev–Trinajstić information content (AvgIpc) is 3.21. The first-order valence-electron chi connectivity index (χ1n) is 10.9. The topological polar surface area (TPSA) is 95.6 Å². The number of aromatic amines is 1. The molecule has 0 bridgehead atoms. The number of dihydropyridines is 1. The predicted octanol–water partition coefficient (Wildman–Crippen LogP) is 4.34. The number of hydrogen-bond acceptors (Lipinski definition) is 5. The lowest BCUT2D eigenvalue weighted by Crippen LogP contribution is -2.35. The Morgan fingerprint density at radius 3 is 2.71 bits per heavy atom. The summed E-state index contributed by atoms with van der Waals surface area (Å²) >= 11 is 0. The van der Waals surface area contributed by atoms with E-state index in [1.165, 1.54) is 25.0 Å². The summed E-state index contributed by atoms with van der Waals surface area (Å²) in [6.07, 6.45) is 11.0. The number of carbonyl (C=O) groups excluding carboxylic acids is 1. The molecule has 160 valence electrons. The molecule has 7 heteroatoms. The molecule has 3 aromatic heterocycles. The van der Waals surface area contributed by atoms with Gasteiger partial charge < -0.3 is 15.6 Å². The van der Waals surface area contributed by atoms with Crippen molar-refractivity contribution in [2.24, 2.45) is 5.92 Å². The number of amides is 1. The van der Waals surface area contributed by atoms with Crippen LogP contribution >= 0.6 is 0 Å². The second-order valence-electron chi connectivity index (χ2n) is 7.58. The van der Waals surface area contributed by atoms with E-state index in [9.17, 15) is 4.79 Å². The van der Waals surface area contributed by atoms with Crippen LogP contribution in [0.3, 0.4) is 0 Å². The van der Waals surface area contributed by atoms with Crippen molar-refractivity contribution < 1.29 is 4.79 Å². The Morgan fingerprint density at radius 1 is 1.19 bits per heavy atom. The van der Waals surface area contributed by atoms with Crippen molar-refractivity contribution in [1.29, 1.82) is 0 Å². The van der Waals surface area contributed by atoms with Gasteiger partial charge in [-0.1, -0.05) is 20.3 Å². The molecule has 3 aromatic rings. The van der Waals surface area contributed by atoms with E-state index >= 15 is 0 Å². The smallest absolute Gasteiger partial charge is 0.257 e. The SMILES string of the molecule is CC.CC1=C(NC(=O)c2ccnc3nc(-c4cccnc4)[nH]c23)CNC(C2CCC2)=C1. The van der Waals surface area contributed by atoms with Gasteiger partial charge in [0.2, 0.25) is 0 Å². The van der Waals surface area contributed by atoms with Gasteiger partial charge in [0.1, 0.15) is 5.82 Å². The molecular formula is C24H28N6O. The van der Waals surface area contributed by atoms with Crippen LogP contribution in [-0.4, -0.2) is 32.4 Å². The number of H-pyrrole nitrogens is 1. The van der Waals surface area contributed by atoms with E-state index in [-0.39, 0.29) is 5.91 Å². The maximum absolute atomic E-state index is 13.0. The van der Waals surface area contributed by atoms with Gasteiger partial charge in [0.15, 0.2) is 5.65 Å². The lowest BCUT2D eigenvalue weighted by atomic mass is 9.81. The van der Waals surface area contributed by atoms with Crippen LogP contribution in [0.2, 0.25) is 0 Å². The molecule has 0 unspecified atom stereocenters. The van der Waals surface area contributed by atoms with Crippen LogP contribution < -0.4 is 10.6 Å². The summed E-state index contributed by atoms with van der Waals surface area (Å²) in [4.78, 5) is 29.2. The fraction of sp³-hybridized carbons (Fsp3) is 0.333. The number of pyridine rings is 2. The summed E-state index contributed by atoms with van der Waals surface area (Å²) in [5, 5.41) is 6.54. The number of carbonyl (C=O) groups is 1. The molecule has 3 N–H and O–H groups in total. The summed E-state index contributed by atoms with van der Waals surface area (Å²) in [5.74, 6) is 1.12. The first-order chi connectivity index (χ1) is 15.2. The Bertz CT molecular complexity index is 1140. The van der Waals surface area contributed by atoms with Gasteiger partial charge in [0.05, 0.1) is 17.6 Å². The minimum absolute atomic E-state index is 0.171. The van der Waals surface area contributed by atoms with Crippen LogP contribution in [0.5, 0.6) is 0 Å². The monoisotopic (exact) mass is 416 g/mol. The number of rotatable bonds is 4. The molecule has 2 aliphatic rings. The molecule has 4 heterocycles. The molecule has 7 nitrogen and oxygen atoms in total. The molecule has 5 rings (SSSR count). The van der Waals surface area contributed by atoms with Crippen LogP contribution in [0.15, 0.2) is 59.8 Å². The number of imidazole rings is 1. The maximum Gasteiger partial charge on any atom is 0.257 e. The Hall–Kier alpha value is -3.48. The normalized spacial score (nSPS) is 16.0. The molecule has 1 fully saturated rings. The van der Waals surface area contributed by atoms with E-state index < -0.39 is 0 Å². The molecule has 0 aromatic carbocycles. The Labute approximate surface area is 182 Å². The van der Waals surface area contributed by atoms with Gasteiger partial charge in [-0.15, -0.1) is 0 Å². The number of hydrogen-bond donors (Lipinski definition) is 3. The summed E-state index contributed by atoms with van der Waals surface area (Å²) in [6, 6.07) is 5.48. The molecule has 0 atom stereocenters. The lowest BCUT2D eigenvalue weighted by molar-refractivity contribution is 0.0966. The van der Waals surface area contributed by atoms with E-state index in [1.807, 2.05) is 32.9 Å². The summed E-state index contributed by atoms with van der Waals surface area (Å²) in [7, 11) is 0. The van der Waals surface area contributed by atoms with E-state index in [0.29, 0.717) is 35.0 Å². The van der Waals surface area contributed by atoms with Crippen LogP contribution in [0.25, 0.3) is 22.6 Å². The second-order valence-corrected chi connectivity index (χ2v) is 7.58. The molecule has 0 radical (unpaired) electrons. The van der Waals surface area contributed by atoms with Crippen molar-refractivity contribution in [2.45, 2.75) is 40.0 Å². The van der Waals surface area contributed by atoms with E-state index in [0.717, 1.165) is 16.8 Å². The van der Waals surface area contributed by atoms with Crippen LogP contribution in [0.4, 0.5) is 0 Å². The van der Waals surface area contributed by atoms with Gasteiger partial charge in [-0.2, -0.15) is 0 Å². The summed E-state index contributed by atoms with van der Waals surface area (Å²) in [5.41, 5.74) is 5.80. The predicted molar refractivity (Wildman–Crippen MR) is 122 cm³/mol. The standard InChI is InChI=1S/C22H22N6O.C2H6/c1-13-10-17(14-4-2-5-14)25-12-18(13)26-22(29)16-7-9-24-21-19(16)27-20(28-21)15-6-3-8-23-11-15;1-2/h3,6-11,14,25H,2,4-5,12H2,1H3,(H,26,29)(H,24,27,28);1-2H3. The molecule has 1 aliphatic heterocycles. The van der Waals surface area contributed by atoms with Crippen molar-refractivity contribution in [3.05, 3.63) is 65.4 Å². The van der Waals surface area contributed by atoms with Crippen molar-refractivity contribution in [3.8, 4) is 11.4 Å². The fourth-order valence-corrected chi connectivity index (χ4v) is 3.77. The number of fused-ring (bicyclic) bond motifs is 1. The van der Waals surface area contributed by atoms with Crippen molar-refractivity contribution >= 4 is 17.1 Å². The fourth-order valence-electron chi connectivity index (χ4n) is 3.77. The second kappa shape index (κ2) is 9.12. The highest BCUT2D eigenvalue weighted by Gasteiger charge is 2.25. The third kappa shape index (κ3) is 4.21. The van der Waals surface area contributed by atoms with Gasteiger partial charge >= 0.3 is 0 Å². The van der Waals surface area contributed by atoms with Crippen LogP contribution in [0.1, 0.15) is 50.4 Å².